The lowest BCUT2D eigenvalue weighted by atomic mass is 9.95. The summed E-state index contributed by atoms with van der Waals surface area (Å²) in [6.45, 7) is -0.937. The molecule has 0 bridgehead atoms. The number of aliphatic hydroxyl groups excluding tert-OH is 18. The molecule has 7 rings (SSSR count). The number of benzene rings is 1. The molecule has 24 N–H and O–H groups in total. The number of rotatable bonds is 43. The third-order valence-corrected chi connectivity index (χ3v) is 25.9. The summed E-state index contributed by atoms with van der Waals surface area (Å²) >= 11 is 0. The molecule has 43 heteroatoms. The van der Waals surface area contributed by atoms with Crippen molar-refractivity contribution >= 4 is 48.7 Å². The average Bonchev–Trinajstić information content (AvgIpc) is 0.785. The van der Waals surface area contributed by atoms with Gasteiger partial charge in [0, 0.05) is 59.7 Å². The van der Waals surface area contributed by atoms with Crippen LogP contribution in [0.5, 0.6) is 0 Å². The van der Waals surface area contributed by atoms with Gasteiger partial charge in [-0.25, -0.2) is 0 Å². The van der Waals surface area contributed by atoms with E-state index < -0.39 is 249 Å². The number of amides is 6. The van der Waals surface area contributed by atoms with Crippen LogP contribution in [0.4, 0.5) is 0 Å². The SMILES string of the molecule is CC(=O)N[C@H]1[C@H](OCCCC(=O)NCCC[Si](CCCNC(=O)CCCO[C@@H]2O[C@H](CO)[C@@H](O[C@@H]3O[C@H](CO)[C@H](O)[C@H](O)[C@H]3O)[C@H](O)[C@H]2NC(C)=O)(CCCNC(=O)CCCO[C@@H]2O[C@H](CO)[C@@H](O[C@@H]3O[C@H](CO)[C@H](O)[C@H](O)[C@H]3O)[C@H](O)[C@H]2NC(C)=O)c2ccccc2)O[C@H](CO)[C@@H](O[C@@H]2O[C@H](CO)[C@H](O)[C@H](O)[C@H]2O)[C@@H]1O. The van der Waals surface area contributed by atoms with Crippen molar-refractivity contribution in [3.63, 3.8) is 0 Å². The summed E-state index contributed by atoms with van der Waals surface area (Å²) in [6, 6.07) is 7.57. The number of ether oxygens (including phenoxy) is 12. The summed E-state index contributed by atoms with van der Waals surface area (Å²) in [4.78, 5) is 77.5. The fraction of sp³-hybridized carbons (Fsp3) is 0.826. The predicted octanol–water partition coefficient (Wildman–Crippen LogP) is -11.4. The van der Waals surface area contributed by atoms with Gasteiger partial charge < -0.3 is 181 Å². The zero-order valence-corrected chi connectivity index (χ0v) is 63.6. The van der Waals surface area contributed by atoms with E-state index >= 15 is 0 Å². The van der Waals surface area contributed by atoms with E-state index in [0.717, 1.165) is 26.0 Å². The minimum Gasteiger partial charge on any atom is -0.394 e. The molecule has 0 saturated carbocycles. The zero-order valence-electron chi connectivity index (χ0n) is 62.6. The van der Waals surface area contributed by atoms with Gasteiger partial charge in [0.2, 0.25) is 35.4 Å². The molecule has 30 atom stereocenters. The highest BCUT2D eigenvalue weighted by molar-refractivity contribution is 6.91. The molecule has 6 heterocycles. The van der Waals surface area contributed by atoms with Crippen LogP contribution < -0.4 is 37.1 Å². The van der Waals surface area contributed by atoms with Crippen LogP contribution in [0.25, 0.3) is 0 Å². The highest BCUT2D eigenvalue weighted by atomic mass is 28.3. The van der Waals surface area contributed by atoms with Crippen molar-refractivity contribution in [1.82, 2.24) is 31.9 Å². The lowest BCUT2D eigenvalue weighted by molar-refractivity contribution is -0.348. The second-order valence-corrected chi connectivity index (χ2v) is 33.3. The Kier molecular flexibility index (Phi) is 38.9. The maximum absolute atomic E-state index is 13.4. The van der Waals surface area contributed by atoms with Crippen LogP contribution in [0.3, 0.4) is 0 Å². The first-order chi connectivity index (χ1) is 53.5. The summed E-state index contributed by atoms with van der Waals surface area (Å²) in [5, 5.41) is 206. The summed E-state index contributed by atoms with van der Waals surface area (Å²) in [5.74, 6) is -2.91. The van der Waals surface area contributed by atoms with Gasteiger partial charge in [-0.3, -0.25) is 28.8 Å². The topological polar surface area (TPSA) is 650 Å². The van der Waals surface area contributed by atoms with Gasteiger partial charge in [-0.1, -0.05) is 53.7 Å². The minimum absolute atomic E-state index is 0.0518. The Morgan fingerprint density at radius 1 is 0.339 bits per heavy atom. The molecule has 642 valence electrons. The van der Waals surface area contributed by atoms with E-state index in [-0.39, 0.29) is 95.7 Å². The van der Waals surface area contributed by atoms with Crippen molar-refractivity contribution in [2.45, 2.75) is 281 Å². The molecule has 42 nitrogen and oxygen atoms in total. The Bertz CT molecular complexity index is 2730. The number of aliphatic hydroxyl groups is 18. The van der Waals surface area contributed by atoms with E-state index in [0.29, 0.717) is 37.4 Å². The van der Waals surface area contributed by atoms with Gasteiger partial charge in [0.05, 0.1) is 67.5 Å². The summed E-state index contributed by atoms with van der Waals surface area (Å²) in [6.07, 6.45) is -41.8. The molecule has 0 aromatic heterocycles. The van der Waals surface area contributed by atoms with Gasteiger partial charge in [-0.15, -0.1) is 0 Å². The van der Waals surface area contributed by atoms with Crippen molar-refractivity contribution in [3.05, 3.63) is 30.3 Å². The number of hydrogen-bond acceptors (Lipinski definition) is 36. The van der Waals surface area contributed by atoms with Gasteiger partial charge in [0.25, 0.3) is 0 Å². The largest absolute Gasteiger partial charge is 0.394 e. The van der Waals surface area contributed by atoms with E-state index in [1.54, 1.807) is 0 Å². The highest BCUT2D eigenvalue weighted by Gasteiger charge is 2.56. The van der Waals surface area contributed by atoms with Crippen molar-refractivity contribution in [2.24, 2.45) is 0 Å². The molecule has 0 aliphatic carbocycles. The quantitative estimate of drug-likeness (QED) is 0.0213. The Labute approximate surface area is 646 Å². The maximum Gasteiger partial charge on any atom is 0.220 e. The smallest absolute Gasteiger partial charge is 0.220 e. The first-order valence-corrected chi connectivity index (χ1v) is 40.3. The van der Waals surface area contributed by atoms with E-state index in [1.807, 2.05) is 30.3 Å². The van der Waals surface area contributed by atoms with Crippen molar-refractivity contribution < 1.29 is 178 Å². The third kappa shape index (κ3) is 25.8. The molecule has 0 spiro atoms. The van der Waals surface area contributed by atoms with Gasteiger partial charge in [0.15, 0.2) is 37.7 Å². The minimum atomic E-state index is -2.67. The molecule has 6 aliphatic rings. The second kappa shape index (κ2) is 46.3. The molecule has 0 unspecified atom stereocenters. The normalized spacial score (nSPS) is 36.4. The number of carbonyl (C=O) groups excluding carboxylic acids is 6. The van der Waals surface area contributed by atoms with Crippen molar-refractivity contribution in [3.8, 4) is 0 Å². The van der Waals surface area contributed by atoms with Gasteiger partial charge in [-0.05, 0) is 38.5 Å². The lowest BCUT2D eigenvalue weighted by Crippen LogP contribution is -2.67. The average molecular weight is 1630 g/mol. The molecular weight excluding hydrogens is 1520 g/mol. The first-order valence-electron chi connectivity index (χ1n) is 37.7. The standard InChI is InChI=1S/C69H116N6O36Si/c1-33(82)73-46-52(91)61(109-67-58(97)55(94)49(88)37(27-76)103-67)40(30-79)106-64(46)100-21-7-15-43(85)70-18-10-24-112(36-13-5-4-6-14-36,25-11-19-71-44(86)16-8-22-101-65-47(74-34(2)83)53(92)62(41(31-80)107-65)110-68-59(98)56(95)50(89)38(28-77)104-68)26-12-20-72-45(87)17-9-23-102-66-48(75-35(3)84)54(93)63(42(32-81)108-66)111-69-60(99)57(96)51(90)39(29-78)105-69/h4-6,13-14,37-42,46-69,76-81,88-99H,7-12,15-32H2,1-3H3,(H,70,85)(H,71,86)(H,72,87)(H,73,82)(H,74,83)(H,75,84)/t37-,38-,39-,40-,41-,42-,46-,47-,48-,49+,50+,51+,52-,53-,54-,55+,56+,57+,58-,59-,60-,61-,62-,63-,64-,65-,66-,67+,68+,69+/m1/s1. The van der Waals surface area contributed by atoms with E-state index in [1.165, 1.54) is 0 Å². The summed E-state index contributed by atoms with van der Waals surface area (Å²) in [7, 11) is -2.67. The monoisotopic (exact) mass is 1630 g/mol. The van der Waals surface area contributed by atoms with Crippen molar-refractivity contribution in [1.29, 1.82) is 0 Å². The molecule has 112 heavy (non-hydrogen) atoms. The van der Waals surface area contributed by atoms with Crippen LogP contribution in [0.1, 0.15) is 78.6 Å². The Balaban J connectivity index is 0.939. The van der Waals surface area contributed by atoms with E-state index in [2.05, 4.69) is 31.9 Å². The zero-order chi connectivity index (χ0) is 82.1. The van der Waals surface area contributed by atoms with Crippen LogP contribution in [0.2, 0.25) is 18.1 Å². The Hall–Kier alpha value is -4.94. The van der Waals surface area contributed by atoms with Crippen LogP contribution in [0.15, 0.2) is 30.3 Å². The molecular formula is C69H116N6O36Si. The van der Waals surface area contributed by atoms with E-state index in [9.17, 15) is 121 Å². The summed E-state index contributed by atoms with van der Waals surface area (Å²) < 4.78 is 69.1. The Morgan fingerprint density at radius 3 is 0.848 bits per heavy atom. The van der Waals surface area contributed by atoms with Crippen LogP contribution in [-0.4, -0.2) is 399 Å². The van der Waals surface area contributed by atoms with Gasteiger partial charge in [-0.2, -0.15) is 0 Å². The number of carbonyl (C=O) groups is 6. The van der Waals surface area contributed by atoms with Crippen LogP contribution in [0, 0.1) is 0 Å². The van der Waals surface area contributed by atoms with Gasteiger partial charge in [0.1, 0.15) is 146 Å². The lowest BCUT2D eigenvalue weighted by Gasteiger charge is -2.47. The van der Waals surface area contributed by atoms with Gasteiger partial charge >= 0.3 is 0 Å². The maximum atomic E-state index is 13.4. The fourth-order valence-electron chi connectivity index (χ4n) is 14.4. The second-order valence-electron chi connectivity index (χ2n) is 28.7. The van der Waals surface area contributed by atoms with Crippen LogP contribution >= 0.6 is 0 Å². The third-order valence-electron chi connectivity index (χ3n) is 20.4. The van der Waals surface area contributed by atoms with E-state index in [4.69, 9.17) is 56.8 Å². The summed E-state index contributed by atoms with van der Waals surface area (Å²) in [5.41, 5.74) is 0. The number of hydrogen-bond donors (Lipinski definition) is 24. The molecule has 6 saturated heterocycles. The van der Waals surface area contributed by atoms with Crippen LogP contribution in [-0.2, 0) is 85.6 Å². The first kappa shape index (κ1) is 94.2. The molecule has 6 aliphatic heterocycles. The number of nitrogens with one attached hydrogen (secondary N) is 6. The fourth-order valence-corrected chi connectivity index (χ4v) is 19.5. The van der Waals surface area contributed by atoms with Crippen molar-refractivity contribution in [2.75, 3.05) is 79.1 Å². The molecule has 6 fully saturated rings. The predicted molar refractivity (Wildman–Crippen MR) is 379 cm³/mol. The molecule has 1 aromatic rings. The molecule has 6 amide bonds. The molecule has 1 aromatic carbocycles. The highest BCUT2D eigenvalue weighted by Crippen LogP contribution is 2.35. The molecule has 0 radical (unpaired) electrons. The Morgan fingerprint density at radius 2 is 0.598 bits per heavy atom.